The van der Waals surface area contributed by atoms with E-state index in [1.807, 2.05) is 13.0 Å². The van der Waals surface area contributed by atoms with Gasteiger partial charge in [0.05, 0.1) is 16.5 Å². The minimum absolute atomic E-state index is 0.0538. The Morgan fingerprint density at radius 3 is 2.69 bits per heavy atom. The Hall–Kier alpha value is -0.0500. The minimum atomic E-state index is -0.165. The normalized spacial score (nSPS) is 10.2. The lowest BCUT2D eigenvalue weighted by Crippen LogP contribution is -2.03. The molecule has 1 aromatic carbocycles. The van der Waals surface area contributed by atoms with E-state index in [2.05, 4.69) is 15.9 Å². The van der Waals surface area contributed by atoms with Crippen molar-refractivity contribution in [1.82, 2.24) is 0 Å². The maximum absolute atomic E-state index is 11.4. The van der Waals surface area contributed by atoms with Crippen molar-refractivity contribution in [3.8, 4) is 0 Å². The molecule has 0 heterocycles. The topological polar surface area (TPSA) is 17.1 Å². The average Bonchev–Trinajstić information content (AvgIpc) is 2.12. The fraction of sp³-hybridized carbons (Fsp3) is 0.222. The molecule has 0 saturated heterocycles. The lowest BCUT2D eigenvalue weighted by molar-refractivity contribution is 0.102. The molecule has 0 unspecified atom stereocenters. The van der Waals surface area contributed by atoms with Gasteiger partial charge < -0.3 is 0 Å². The van der Waals surface area contributed by atoms with Gasteiger partial charge in [0.15, 0.2) is 5.78 Å². The first-order valence-corrected chi connectivity index (χ1v) is 5.32. The zero-order valence-electron chi connectivity index (χ0n) is 6.90. The highest BCUT2D eigenvalue weighted by Crippen LogP contribution is 2.28. The summed E-state index contributed by atoms with van der Waals surface area (Å²) in [4.78, 5) is 11.4. The molecule has 70 valence electrons. The molecule has 0 fully saturated rings. The molecule has 0 N–H and O–H groups in total. The molecule has 0 atom stereocenters. The maximum Gasteiger partial charge on any atom is 0.180 e. The van der Waals surface area contributed by atoms with Crippen molar-refractivity contribution < 1.29 is 4.79 Å². The molecule has 0 aromatic heterocycles. The Morgan fingerprint density at radius 1 is 1.54 bits per heavy atom. The van der Waals surface area contributed by atoms with Crippen molar-refractivity contribution in [2.45, 2.75) is 6.92 Å². The molecule has 0 amide bonds. The molecule has 0 saturated carbocycles. The second-order valence-corrected chi connectivity index (χ2v) is 4.08. The molecular weight excluding hydrogens is 275 g/mol. The Kier molecular flexibility index (Phi) is 3.77. The van der Waals surface area contributed by atoms with E-state index in [1.54, 1.807) is 6.07 Å². The smallest absolute Gasteiger partial charge is 0.180 e. The van der Waals surface area contributed by atoms with Crippen molar-refractivity contribution in [1.29, 1.82) is 0 Å². The molecule has 1 rings (SSSR count). The van der Waals surface area contributed by atoms with Gasteiger partial charge in [-0.3, -0.25) is 4.79 Å². The van der Waals surface area contributed by atoms with Crippen LogP contribution >= 0.6 is 39.1 Å². The van der Waals surface area contributed by atoms with Crippen LogP contribution in [0.15, 0.2) is 16.6 Å². The summed E-state index contributed by atoms with van der Waals surface area (Å²) in [5, 5.41) is 0.433. The molecule has 1 aromatic rings. The fourth-order valence-electron chi connectivity index (χ4n) is 0.979. The predicted molar refractivity (Wildman–Crippen MR) is 58.9 cm³/mol. The van der Waals surface area contributed by atoms with Gasteiger partial charge in [0.25, 0.3) is 0 Å². The first kappa shape index (κ1) is 11.0. The van der Waals surface area contributed by atoms with Crippen molar-refractivity contribution >= 4 is 44.9 Å². The Labute approximate surface area is 95.2 Å². The van der Waals surface area contributed by atoms with E-state index >= 15 is 0 Å². The molecule has 0 aliphatic rings. The van der Waals surface area contributed by atoms with Crippen LogP contribution in [0.4, 0.5) is 0 Å². The molecular formula is C9H7BrCl2O. The van der Waals surface area contributed by atoms with Gasteiger partial charge >= 0.3 is 0 Å². The van der Waals surface area contributed by atoms with Gasteiger partial charge in [-0.25, -0.2) is 0 Å². The van der Waals surface area contributed by atoms with E-state index in [0.29, 0.717) is 10.6 Å². The standard InChI is InChI=1S/C9H7BrCl2O/c1-5-2-3-6(12)8(9(5)10)7(13)4-11/h2-3H,4H2,1H3. The molecule has 13 heavy (non-hydrogen) atoms. The van der Waals surface area contributed by atoms with Crippen LogP contribution in [-0.4, -0.2) is 11.7 Å². The van der Waals surface area contributed by atoms with E-state index in [4.69, 9.17) is 23.2 Å². The number of aryl methyl sites for hydroxylation is 1. The first-order valence-electron chi connectivity index (χ1n) is 3.61. The van der Waals surface area contributed by atoms with Crippen LogP contribution in [0, 0.1) is 6.92 Å². The summed E-state index contributed by atoms with van der Waals surface area (Å²) in [5.41, 5.74) is 1.44. The van der Waals surface area contributed by atoms with Crippen LogP contribution in [0.2, 0.25) is 5.02 Å². The van der Waals surface area contributed by atoms with Crippen molar-refractivity contribution in [3.05, 3.63) is 32.8 Å². The van der Waals surface area contributed by atoms with Crippen LogP contribution in [0.3, 0.4) is 0 Å². The zero-order valence-corrected chi connectivity index (χ0v) is 10.0. The van der Waals surface area contributed by atoms with Gasteiger partial charge in [-0.2, -0.15) is 0 Å². The third-order valence-corrected chi connectivity index (χ3v) is 3.26. The van der Waals surface area contributed by atoms with Crippen LogP contribution in [0.5, 0.6) is 0 Å². The van der Waals surface area contributed by atoms with Crippen molar-refractivity contribution in [3.63, 3.8) is 0 Å². The van der Waals surface area contributed by atoms with Crippen LogP contribution in [0.1, 0.15) is 15.9 Å². The zero-order chi connectivity index (χ0) is 10.0. The van der Waals surface area contributed by atoms with Crippen molar-refractivity contribution in [2.24, 2.45) is 0 Å². The summed E-state index contributed by atoms with van der Waals surface area (Å²) in [5.74, 6) is -0.218. The number of halogens is 3. The molecule has 0 bridgehead atoms. The molecule has 4 heteroatoms. The third-order valence-electron chi connectivity index (χ3n) is 1.68. The quantitative estimate of drug-likeness (QED) is 0.595. The molecule has 0 spiro atoms. The third kappa shape index (κ3) is 2.25. The van der Waals surface area contributed by atoms with E-state index in [9.17, 15) is 4.79 Å². The molecule has 1 nitrogen and oxygen atoms in total. The summed E-state index contributed by atoms with van der Waals surface area (Å²) in [6.45, 7) is 1.89. The second-order valence-electron chi connectivity index (χ2n) is 2.61. The lowest BCUT2D eigenvalue weighted by Gasteiger charge is -2.06. The van der Waals surface area contributed by atoms with E-state index in [1.165, 1.54) is 0 Å². The SMILES string of the molecule is Cc1ccc(Cl)c(C(=O)CCl)c1Br. The summed E-state index contributed by atoms with van der Waals surface area (Å²) in [7, 11) is 0. The Morgan fingerprint density at radius 2 is 2.15 bits per heavy atom. The van der Waals surface area contributed by atoms with Gasteiger partial charge in [0.2, 0.25) is 0 Å². The summed E-state index contributed by atoms with van der Waals surface area (Å²) < 4.78 is 0.727. The maximum atomic E-state index is 11.4. The summed E-state index contributed by atoms with van der Waals surface area (Å²) >= 11 is 14.6. The summed E-state index contributed by atoms with van der Waals surface area (Å²) in [6, 6.07) is 3.54. The van der Waals surface area contributed by atoms with Gasteiger partial charge in [-0.15, -0.1) is 11.6 Å². The number of hydrogen-bond donors (Lipinski definition) is 0. The molecule has 0 radical (unpaired) electrons. The van der Waals surface area contributed by atoms with Crippen LogP contribution < -0.4 is 0 Å². The average molecular weight is 282 g/mol. The molecule has 0 aliphatic carbocycles. The fourth-order valence-corrected chi connectivity index (χ4v) is 2.06. The predicted octanol–water partition coefficient (Wildman–Crippen LogP) is 3.83. The number of rotatable bonds is 2. The number of Topliss-reactive ketones (excluding diaryl/α,β-unsaturated/α-hetero) is 1. The summed E-state index contributed by atoms with van der Waals surface area (Å²) in [6.07, 6.45) is 0. The largest absolute Gasteiger partial charge is 0.293 e. The van der Waals surface area contributed by atoms with E-state index < -0.39 is 0 Å². The number of hydrogen-bond acceptors (Lipinski definition) is 1. The second kappa shape index (κ2) is 4.45. The number of carbonyl (C=O) groups is 1. The van der Waals surface area contributed by atoms with Gasteiger partial charge in [0, 0.05) is 4.47 Å². The van der Waals surface area contributed by atoms with Crippen molar-refractivity contribution in [2.75, 3.05) is 5.88 Å². The van der Waals surface area contributed by atoms with Gasteiger partial charge in [-0.05, 0) is 34.5 Å². The van der Waals surface area contributed by atoms with Gasteiger partial charge in [-0.1, -0.05) is 17.7 Å². The monoisotopic (exact) mass is 280 g/mol. The highest BCUT2D eigenvalue weighted by Gasteiger charge is 2.14. The number of carbonyl (C=O) groups excluding carboxylic acids is 1. The van der Waals surface area contributed by atoms with Crippen LogP contribution in [-0.2, 0) is 0 Å². The number of ketones is 1. The number of benzene rings is 1. The minimum Gasteiger partial charge on any atom is -0.293 e. The highest BCUT2D eigenvalue weighted by atomic mass is 79.9. The molecule has 0 aliphatic heterocycles. The van der Waals surface area contributed by atoms with Crippen LogP contribution in [0.25, 0.3) is 0 Å². The van der Waals surface area contributed by atoms with E-state index in [0.717, 1.165) is 10.0 Å². The highest BCUT2D eigenvalue weighted by molar-refractivity contribution is 9.10. The first-order chi connectivity index (χ1) is 6.07. The Bertz CT molecular complexity index is 350. The number of alkyl halides is 1. The Balaban J connectivity index is 3.33. The van der Waals surface area contributed by atoms with Gasteiger partial charge in [0.1, 0.15) is 0 Å². The lowest BCUT2D eigenvalue weighted by atomic mass is 10.1. The van der Waals surface area contributed by atoms with E-state index in [-0.39, 0.29) is 11.7 Å².